The smallest absolute Gasteiger partial charge is 0.303 e. The fourth-order valence-electron chi connectivity index (χ4n) is 5.13. The molecule has 0 aromatic heterocycles. The number of carboxylic acids is 1. The molecule has 2 aliphatic rings. The van der Waals surface area contributed by atoms with Gasteiger partial charge in [0.05, 0.1) is 32.0 Å². The van der Waals surface area contributed by atoms with Gasteiger partial charge in [-0.2, -0.15) is 0 Å². The Morgan fingerprint density at radius 3 is 2.40 bits per heavy atom. The summed E-state index contributed by atoms with van der Waals surface area (Å²) in [6, 6.07) is 18.6. The Morgan fingerprint density at radius 1 is 1.00 bits per heavy atom. The number of hydrogen-bond donors (Lipinski definition) is 1. The molecule has 1 aliphatic carbocycles. The highest BCUT2D eigenvalue weighted by atomic mass is 16.5. The molecule has 2 aromatic rings. The molecule has 0 amide bonds. The quantitative estimate of drug-likeness (QED) is 0.472. The van der Waals surface area contributed by atoms with E-state index in [9.17, 15) is 9.59 Å². The van der Waals surface area contributed by atoms with Crippen molar-refractivity contribution in [3.05, 3.63) is 72.3 Å². The van der Waals surface area contributed by atoms with Crippen molar-refractivity contribution in [3.8, 4) is 11.1 Å². The second-order valence-corrected chi connectivity index (χ2v) is 9.32. The minimum atomic E-state index is -0.784. The summed E-state index contributed by atoms with van der Waals surface area (Å²) in [5.41, 5.74) is 3.45. The number of Topliss-reactive ketones (excluding diaryl/α,β-unsaturated/α-hetero) is 1. The van der Waals surface area contributed by atoms with E-state index in [0.29, 0.717) is 32.7 Å². The van der Waals surface area contributed by atoms with Crippen LogP contribution < -0.4 is 0 Å². The molecule has 1 unspecified atom stereocenters. The number of carbonyl (C=O) groups excluding carboxylic acids is 1. The first-order valence-electron chi connectivity index (χ1n) is 12.6. The molecule has 0 radical (unpaired) electrons. The lowest BCUT2D eigenvalue weighted by molar-refractivity contribution is -0.136. The number of carboxylic acid groups (broad SMARTS) is 1. The lowest BCUT2D eigenvalue weighted by Gasteiger charge is -2.35. The summed E-state index contributed by atoms with van der Waals surface area (Å²) in [6.45, 7) is 3.34. The summed E-state index contributed by atoms with van der Waals surface area (Å²) < 4.78 is 11.9. The third-order valence-corrected chi connectivity index (χ3v) is 6.94. The zero-order valence-electron chi connectivity index (χ0n) is 20.2. The van der Waals surface area contributed by atoms with Crippen molar-refractivity contribution in [3.63, 3.8) is 0 Å². The Labute approximate surface area is 207 Å². The van der Waals surface area contributed by atoms with Crippen molar-refractivity contribution in [2.45, 2.75) is 50.9 Å². The van der Waals surface area contributed by atoms with Crippen LogP contribution in [0.25, 0.3) is 11.1 Å². The summed E-state index contributed by atoms with van der Waals surface area (Å²) in [6.07, 6.45) is 6.63. The Morgan fingerprint density at radius 2 is 1.69 bits per heavy atom. The minimum absolute atomic E-state index is 0.114. The molecule has 1 saturated carbocycles. The zero-order valence-corrected chi connectivity index (χ0v) is 20.2. The maximum Gasteiger partial charge on any atom is 0.303 e. The number of rotatable bonds is 11. The third kappa shape index (κ3) is 7.10. The first-order valence-corrected chi connectivity index (χ1v) is 12.6. The largest absolute Gasteiger partial charge is 0.481 e. The molecule has 6 heteroatoms. The molecule has 2 aromatic carbocycles. The van der Waals surface area contributed by atoms with Crippen LogP contribution in [-0.2, 0) is 25.7 Å². The van der Waals surface area contributed by atoms with Gasteiger partial charge in [0.2, 0.25) is 0 Å². The van der Waals surface area contributed by atoms with Crippen LogP contribution in [0.2, 0.25) is 0 Å². The highest BCUT2D eigenvalue weighted by Crippen LogP contribution is 2.35. The van der Waals surface area contributed by atoms with Gasteiger partial charge in [-0.05, 0) is 36.0 Å². The normalized spacial score (nSPS) is 23.2. The van der Waals surface area contributed by atoms with Gasteiger partial charge in [0.1, 0.15) is 0 Å². The highest BCUT2D eigenvalue weighted by molar-refractivity contribution is 5.87. The first-order chi connectivity index (χ1) is 17.1. The van der Waals surface area contributed by atoms with E-state index in [4.69, 9.17) is 14.6 Å². The molecule has 0 spiro atoms. The number of carbonyl (C=O) groups is 2. The lowest BCUT2D eigenvalue weighted by atomic mass is 9.93. The molecular formula is C29H35NO5. The van der Waals surface area contributed by atoms with E-state index in [-0.39, 0.29) is 30.3 Å². The monoisotopic (exact) mass is 477 g/mol. The number of ether oxygens (including phenoxy) is 2. The van der Waals surface area contributed by atoms with Crippen molar-refractivity contribution in [1.82, 2.24) is 4.90 Å². The summed E-state index contributed by atoms with van der Waals surface area (Å²) in [5.74, 6) is -0.404. The van der Waals surface area contributed by atoms with E-state index in [1.54, 1.807) is 0 Å². The fraction of sp³-hybridized carbons (Fsp3) is 0.448. The Balaban J connectivity index is 1.38. The van der Waals surface area contributed by atoms with E-state index in [1.807, 2.05) is 30.4 Å². The Bertz CT molecular complexity index is 982. The molecule has 2 fully saturated rings. The van der Waals surface area contributed by atoms with Crippen LogP contribution in [-0.4, -0.2) is 60.2 Å². The lowest BCUT2D eigenvalue weighted by Crippen LogP contribution is -2.49. The summed E-state index contributed by atoms with van der Waals surface area (Å²) in [7, 11) is 0. The number of allylic oxidation sites excluding steroid dienone is 2. The number of aliphatic carboxylic acids is 1. The summed E-state index contributed by atoms with van der Waals surface area (Å²) >= 11 is 0. The minimum Gasteiger partial charge on any atom is -0.481 e. The Hall–Kier alpha value is -2.80. The van der Waals surface area contributed by atoms with Gasteiger partial charge in [0.15, 0.2) is 5.78 Å². The molecule has 3 atom stereocenters. The van der Waals surface area contributed by atoms with Crippen molar-refractivity contribution in [1.29, 1.82) is 0 Å². The average Bonchev–Trinajstić information content (AvgIpc) is 3.20. The van der Waals surface area contributed by atoms with Crippen LogP contribution in [0.15, 0.2) is 66.7 Å². The second kappa shape index (κ2) is 12.8. The predicted octanol–water partition coefficient (Wildman–Crippen LogP) is 4.73. The predicted molar refractivity (Wildman–Crippen MR) is 135 cm³/mol. The number of morpholine rings is 1. The molecule has 0 bridgehead atoms. The standard InChI is InChI=1S/C29H35NO5/c31-26-20-27(35-21-22-12-14-24(15-13-22)23-8-4-3-5-9-23)25(10-6-1-2-7-11-28(32)33)29(26)30-16-18-34-19-17-30/h1-5,8-9,12-15,25,27,29H,6-7,10-11,16-21H2,(H,32,33)/t25?,27-,29+/m1/s1. The first kappa shape index (κ1) is 25.3. The topological polar surface area (TPSA) is 76.1 Å². The molecule has 35 heavy (non-hydrogen) atoms. The van der Waals surface area contributed by atoms with Gasteiger partial charge in [-0.1, -0.05) is 66.7 Å². The average molecular weight is 478 g/mol. The SMILES string of the molecule is O=C(O)CCC=CCCC1[C@H](N2CCOCC2)C(=O)C[C@H]1OCc1ccc(-c2ccccc2)cc1. The van der Waals surface area contributed by atoms with Crippen molar-refractivity contribution < 1.29 is 24.2 Å². The van der Waals surface area contributed by atoms with Gasteiger partial charge in [0, 0.05) is 31.8 Å². The third-order valence-electron chi connectivity index (χ3n) is 6.94. The van der Waals surface area contributed by atoms with Gasteiger partial charge in [-0.15, -0.1) is 0 Å². The van der Waals surface area contributed by atoms with Gasteiger partial charge in [0.25, 0.3) is 0 Å². The number of hydrogen-bond acceptors (Lipinski definition) is 5. The van der Waals surface area contributed by atoms with Crippen molar-refractivity contribution >= 4 is 11.8 Å². The van der Waals surface area contributed by atoms with Crippen molar-refractivity contribution in [2.75, 3.05) is 26.3 Å². The second-order valence-electron chi connectivity index (χ2n) is 9.32. The van der Waals surface area contributed by atoms with Crippen LogP contribution in [0.3, 0.4) is 0 Å². The van der Waals surface area contributed by atoms with E-state index in [1.165, 1.54) is 11.1 Å². The van der Waals surface area contributed by atoms with Gasteiger partial charge in [-0.25, -0.2) is 0 Å². The number of benzene rings is 2. The van der Waals surface area contributed by atoms with Gasteiger partial charge < -0.3 is 14.6 Å². The highest BCUT2D eigenvalue weighted by Gasteiger charge is 2.45. The van der Waals surface area contributed by atoms with E-state index in [2.05, 4.69) is 41.3 Å². The molecular weight excluding hydrogens is 442 g/mol. The molecule has 1 N–H and O–H groups in total. The summed E-state index contributed by atoms with van der Waals surface area (Å²) in [5, 5.41) is 8.81. The van der Waals surface area contributed by atoms with E-state index in [0.717, 1.165) is 31.5 Å². The maximum atomic E-state index is 13.1. The van der Waals surface area contributed by atoms with Crippen LogP contribution >= 0.6 is 0 Å². The number of ketones is 1. The molecule has 6 nitrogen and oxygen atoms in total. The Kier molecular flexibility index (Phi) is 9.23. The molecule has 186 valence electrons. The zero-order chi connectivity index (χ0) is 24.5. The van der Waals surface area contributed by atoms with Crippen LogP contribution in [0.4, 0.5) is 0 Å². The van der Waals surface area contributed by atoms with E-state index < -0.39 is 5.97 Å². The van der Waals surface area contributed by atoms with Crippen LogP contribution in [0.5, 0.6) is 0 Å². The molecule has 1 saturated heterocycles. The number of nitrogens with zero attached hydrogens (tertiary/aromatic N) is 1. The van der Waals surface area contributed by atoms with Crippen LogP contribution in [0, 0.1) is 5.92 Å². The summed E-state index contributed by atoms with van der Waals surface area (Å²) in [4.78, 5) is 26.1. The van der Waals surface area contributed by atoms with Gasteiger partial charge in [-0.3, -0.25) is 14.5 Å². The maximum absolute atomic E-state index is 13.1. The molecule has 1 heterocycles. The molecule has 1 aliphatic heterocycles. The van der Waals surface area contributed by atoms with Crippen molar-refractivity contribution in [2.24, 2.45) is 5.92 Å². The van der Waals surface area contributed by atoms with Gasteiger partial charge >= 0.3 is 5.97 Å². The fourth-order valence-corrected chi connectivity index (χ4v) is 5.13. The molecule has 4 rings (SSSR count). The van der Waals surface area contributed by atoms with E-state index >= 15 is 0 Å². The van der Waals surface area contributed by atoms with Crippen LogP contribution in [0.1, 0.15) is 37.7 Å².